The number of benzene rings is 2. The Kier molecular flexibility index (Phi) is 6.70. The summed E-state index contributed by atoms with van der Waals surface area (Å²) in [6.07, 6.45) is -0.0456. The number of rotatable bonds is 7. The molecule has 2 aromatic carbocycles. The lowest BCUT2D eigenvalue weighted by Crippen LogP contribution is -2.67. The third kappa shape index (κ3) is 4.46. The molecule has 30 heavy (non-hydrogen) atoms. The average Bonchev–Trinajstić information content (AvgIpc) is 3.04. The van der Waals surface area contributed by atoms with Crippen molar-refractivity contribution in [3.63, 3.8) is 0 Å². The van der Waals surface area contributed by atoms with Gasteiger partial charge in [0, 0.05) is 0 Å². The first-order valence-corrected chi connectivity index (χ1v) is 12.4. The molecular weight excluding hydrogens is 392 g/mol. The summed E-state index contributed by atoms with van der Waals surface area (Å²) in [5.41, 5.74) is 0. The van der Waals surface area contributed by atoms with E-state index in [9.17, 15) is 5.11 Å². The van der Waals surface area contributed by atoms with Gasteiger partial charge in [-0.1, -0.05) is 87.5 Å². The highest BCUT2D eigenvalue weighted by molar-refractivity contribution is 6.99. The molecule has 3 rings (SSSR count). The minimum atomic E-state index is -2.71. The van der Waals surface area contributed by atoms with Crippen molar-refractivity contribution in [2.24, 2.45) is 0 Å². The molecule has 2 aromatic rings. The van der Waals surface area contributed by atoms with Crippen molar-refractivity contribution in [2.45, 2.75) is 63.8 Å². The van der Waals surface area contributed by atoms with Crippen LogP contribution in [0, 0.1) is 0 Å². The van der Waals surface area contributed by atoms with E-state index in [4.69, 9.17) is 13.9 Å². The highest BCUT2D eigenvalue weighted by atomic mass is 28.4. The van der Waals surface area contributed by atoms with E-state index in [0.29, 0.717) is 0 Å². The Labute approximate surface area is 181 Å². The van der Waals surface area contributed by atoms with Crippen molar-refractivity contribution in [3.05, 3.63) is 73.3 Å². The third-order valence-electron chi connectivity index (χ3n) is 5.66. The lowest BCUT2D eigenvalue weighted by molar-refractivity contribution is -0.155. The van der Waals surface area contributed by atoms with Crippen LogP contribution in [0.3, 0.4) is 0 Å². The van der Waals surface area contributed by atoms with E-state index in [1.807, 2.05) is 26.0 Å². The molecule has 5 heteroatoms. The quantitative estimate of drug-likeness (QED) is 0.543. The Morgan fingerprint density at radius 1 is 1.03 bits per heavy atom. The van der Waals surface area contributed by atoms with Crippen LogP contribution in [0.1, 0.15) is 34.6 Å². The number of hydrogen-bond donors (Lipinski definition) is 1. The Hall–Kier alpha value is -1.76. The maximum absolute atomic E-state index is 11.1. The second kappa shape index (κ2) is 8.77. The van der Waals surface area contributed by atoms with Gasteiger partial charge in [0.05, 0.1) is 6.61 Å². The van der Waals surface area contributed by atoms with Crippen LogP contribution in [0.15, 0.2) is 73.3 Å². The summed E-state index contributed by atoms with van der Waals surface area (Å²) >= 11 is 0. The lowest BCUT2D eigenvalue weighted by Gasteiger charge is -2.43. The predicted octanol–water partition coefficient (Wildman–Crippen LogP) is 3.63. The fourth-order valence-electron chi connectivity index (χ4n) is 4.36. The van der Waals surface area contributed by atoms with E-state index in [-0.39, 0.29) is 17.7 Å². The maximum Gasteiger partial charge on any atom is 0.261 e. The summed E-state index contributed by atoms with van der Waals surface area (Å²) in [4.78, 5) is 0. The molecule has 1 saturated heterocycles. The molecule has 0 aliphatic carbocycles. The van der Waals surface area contributed by atoms with Gasteiger partial charge in [-0.2, -0.15) is 0 Å². The normalized spacial score (nSPS) is 22.6. The van der Waals surface area contributed by atoms with E-state index in [0.717, 1.165) is 0 Å². The summed E-state index contributed by atoms with van der Waals surface area (Å²) in [5, 5.41) is 13.3. The van der Waals surface area contributed by atoms with Crippen molar-refractivity contribution in [3.8, 4) is 0 Å². The van der Waals surface area contributed by atoms with E-state index in [1.165, 1.54) is 10.4 Å². The monoisotopic (exact) mass is 426 g/mol. The lowest BCUT2D eigenvalue weighted by atomic mass is 10.1. The summed E-state index contributed by atoms with van der Waals surface area (Å²) < 4.78 is 18.6. The number of ether oxygens (including phenoxy) is 2. The molecule has 0 spiro atoms. The number of aliphatic hydroxyl groups is 1. The fraction of sp³-hybridized carbons (Fsp3) is 0.440. The number of hydrogen-bond acceptors (Lipinski definition) is 4. The van der Waals surface area contributed by atoms with Crippen LogP contribution >= 0.6 is 0 Å². The Morgan fingerprint density at radius 3 is 1.97 bits per heavy atom. The molecule has 0 unspecified atom stereocenters. The van der Waals surface area contributed by atoms with E-state index < -0.39 is 26.3 Å². The van der Waals surface area contributed by atoms with Gasteiger partial charge < -0.3 is 19.0 Å². The first-order valence-electron chi connectivity index (χ1n) is 10.5. The van der Waals surface area contributed by atoms with Crippen LogP contribution in [-0.4, -0.2) is 44.1 Å². The molecule has 0 bridgehead atoms. The van der Waals surface area contributed by atoms with Crippen molar-refractivity contribution in [2.75, 3.05) is 6.61 Å². The van der Waals surface area contributed by atoms with Crippen molar-refractivity contribution < 1.29 is 19.0 Å². The van der Waals surface area contributed by atoms with E-state index >= 15 is 0 Å². The smallest absolute Gasteiger partial charge is 0.261 e. The van der Waals surface area contributed by atoms with Crippen LogP contribution in [0.5, 0.6) is 0 Å². The highest BCUT2D eigenvalue weighted by Gasteiger charge is 2.51. The van der Waals surface area contributed by atoms with Gasteiger partial charge in [0.15, 0.2) is 5.79 Å². The Morgan fingerprint density at radius 2 is 1.53 bits per heavy atom. The molecule has 4 nitrogen and oxygen atoms in total. The largest absolute Gasteiger partial charge is 0.405 e. The standard InChI is InChI=1S/C25H34O4Si/c1-7-22-23(29-25(5,6)28-22)21(26)18-27-30(24(2,3)4,19-14-10-8-11-15-19)20-16-12-9-13-17-20/h7-17,21-23,26H,1,18H2,2-6H3/t21-,22-,23+/m0/s1. The number of aliphatic hydroxyl groups excluding tert-OH is 1. The first-order chi connectivity index (χ1) is 14.1. The summed E-state index contributed by atoms with van der Waals surface area (Å²) in [5.74, 6) is -0.762. The van der Waals surface area contributed by atoms with Crippen molar-refractivity contribution in [1.29, 1.82) is 0 Å². The van der Waals surface area contributed by atoms with Crippen LogP contribution in [0.25, 0.3) is 0 Å². The van der Waals surface area contributed by atoms with Crippen LogP contribution in [-0.2, 0) is 13.9 Å². The van der Waals surface area contributed by atoms with Gasteiger partial charge >= 0.3 is 0 Å². The molecular formula is C25H34O4Si. The van der Waals surface area contributed by atoms with Crippen molar-refractivity contribution >= 4 is 18.7 Å². The second-order valence-electron chi connectivity index (χ2n) is 9.34. The topological polar surface area (TPSA) is 47.9 Å². The van der Waals surface area contributed by atoms with Gasteiger partial charge in [-0.3, -0.25) is 0 Å². The van der Waals surface area contributed by atoms with Gasteiger partial charge in [0.2, 0.25) is 0 Å². The molecule has 0 aromatic heterocycles. The predicted molar refractivity (Wildman–Crippen MR) is 124 cm³/mol. The minimum absolute atomic E-state index is 0.153. The minimum Gasteiger partial charge on any atom is -0.405 e. The molecule has 0 saturated carbocycles. The first kappa shape index (κ1) is 22.9. The molecule has 1 aliphatic heterocycles. The molecule has 1 aliphatic rings. The van der Waals surface area contributed by atoms with Gasteiger partial charge in [-0.15, -0.1) is 6.58 Å². The van der Waals surface area contributed by atoms with Gasteiger partial charge in [-0.05, 0) is 29.3 Å². The summed E-state index contributed by atoms with van der Waals surface area (Å²) in [6, 6.07) is 20.8. The average molecular weight is 427 g/mol. The van der Waals surface area contributed by atoms with Crippen LogP contribution in [0.2, 0.25) is 5.04 Å². The molecule has 1 heterocycles. The van der Waals surface area contributed by atoms with E-state index in [1.54, 1.807) is 6.08 Å². The highest BCUT2D eigenvalue weighted by Crippen LogP contribution is 2.37. The zero-order valence-electron chi connectivity index (χ0n) is 18.7. The SMILES string of the molecule is C=C[C@@H]1OC(C)(C)O[C@@H]1[C@@H](O)CO[Si](c1ccccc1)(c1ccccc1)C(C)(C)C. The molecule has 1 fully saturated rings. The summed E-state index contributed by atoms with van der Waals surface area (Å²) in [6.45, 7) is 14.3. The van der Waals surface area contributed by atoms with E-state index in [2.05, 4.69) is 75.9 Å². The molecule has 0 amide bonds. The van der Waals surface area contributed by atoms with Crippen LogP contribution in [0.4, 0.5) is 0 Å². The Bertz CT molecular complexity index is 790. The zero-order valence-corrected chi connectivity index (χ0v) is 19.7. The van der Waals surface area contributed by atoms with Gasteiger partial charge in [-0.25, -0.2) is 0 Å². The van der Waals surface area contributed by atoms with Gasteiger partial charge in [0.1, 0.15) is 18.3 Å². The zero-order chi connectivity index (χ0) is 22.0. The maximum atomic E-state index is 11.1. The third-order valence-corrected chi connectivity index (χ3v) is 10.7. The molecule has 0 radical (unpaired) electrons. The van der Waals surface area contributed by atoms with Gasteiger partial charge in [0.25, 0.3) is 8.32 Å². The molecule has 162 valence electrons. The summed E-state index contributed by atoms with van der Waals surface area (Å²) in [7, 11) is -2.71. The van der Waals surface area contributed by atoms with Crippen LogP contribution < -0.4 is 10.4 Å². The fourth-order valence-corrected chi connectivity index (χ4v) is 8.94. The molecule has 3 atom stereocenters. The van der Waals surface area contributed by atoms with Crippen molar-refractivity contribution in [1.82, 2.24) is 0 Å². The Balaban J connectivity index is 1.97. The molecule has 1 N–H and O–H groups in total. The second-order valence-corrected chi connectivity index (χ2v) is 13.6.